The number of hydrogen-bond donors (Lipinski definition) is 1. The molecule has 0 fully saturated rings. The smallest absolute Gasteiger partial charge is 0.352 e. The van der Waals surface area contributed by atoms with Crippen LogP contribution >= 0.6 is 11.3 Å². The molecule has 0 saturated carbocycles. The van der Waals surface area contributed by atoms with Crippen LogP contribution in [0.25, 0.3) is 10.4 Å². The third-order valence-electron chi connectivity index (χ3n) is 2.99. The highest BCUT2D eigenvalue weighted by molar-refractivity contribution is 7.22. The van der Waals surface area contributed by atoms with Crippen LogP contribution in [0.1, 0.15) is 15.9 Å². The van der Waals surface area contributed by atoms with E-state index in [4.69, 9.17) is 9.52 Å². The normalized spacial score (nSPS) is 10.8. The highest BCUT2D eigenvalue weighted by Gasteiger charge is 2.16. The monoisotopic (exact) mass is 317 g/mol. The largest absolute Gasteiger partial charge is 0.477 e. The Balaban J connectivity index is 1.94. The lowest BCUT2D eigenvalue weighted by Crippen LogP contribution is -2.16. The zero-order valence-corrected chi connectivity index (χ0v) is 12.3. The predicted molar refractivity (Wildman–Crippen MR) is 81.5 cm³/mol. The van der Waals surface area contributed by atoms with Crippen LogP contribution in [0.15, 0.2) is 39.8 Å². The molecule has 0 unspecified atom stereocenters. The Hall–Kier alpha value is -2.74. The molecule has 0 atom stereocenters. The maximum atomic E-state index is 11.5. The van der Waals surface area contributed by atoms with Crippen molar-refractivity contribution in [1.82, 2.24) is 9.97 Å². The first-order chi connectivity index (χ1) is 10.5. The topological polar surface area (TPSA) is 96.5 Å². The lowest BCUT2D eigenvalue weighted by molar-refractivity contribution is 0.0692. The molecule has 0 aliphatic carbocycles. The van der Waals surface area contributed by atoms with E-state index in [2.05, 4.69) is 9.97 Å². The van der Waals surface area contributed by atoms with Gasteiger partial charge < -0.3 is 14.4 Å². The molecule has 0 radical (unpaired) electrons. The summed E-state index contributed by atoms with van der Waals surface area (Å²) in [5, 5.41) is 9.57. The molecule has 1 N–H and O–H groups in total. The van der Waals surface area contributed by atoms with E-state index in [-0.39, 0.29) is 5.71 Å². The van der Waals surface area contributed by atoms with E-state index in [0.29, 0.717) is 16.4 Å². The maximum Gasteiger partial charge on any atom is 0.352 e. The molecule has 112 valence electrons. The summed E-state index contributed by atoms with van der Waals surface area (Å²) in [6, 6.07) is 5.09. The minimum atomic E-state index is -1.31. The molecule has 3 rings (SSSR count). The van der Waals surface area contributed by atoms with Gasteiger partial charge in [-0.1, -0.05) is 17.4 Å². The van der Waals surface area contributed by atoms with Gasteiger partial charge in [0, 0.05) is 26.0 Å². The van der Waals surface area contributed by atoms with Gasteiger partial charge in [0.15, 0.2) is 5.13 Å². The van der Waals surface area contributed by atoms with Crippen molar-refractivity contribution in [1.29, 1.82) is 0 Å². The van der Waals surface area contributed by atoms with Crippen molar-refractivity contribution < 1.29 is 14.3 Å². The highest BCUT2D eigenvalue weighted by atomic mass is 32.1. The van der Waals surface area contributed by atoms with E-state index in [1.54, 1.807) is 12.4 Å². The Morgan fingerprint density at radius 1 is 1.50 bits per heavy atom. The molecule has 3 aromatic rings. The van der Waals surface area contributed by atoms with Crippen molar-refractivity contribution in [3.8, 4) is 0 Å². The minimum absolute atomic E-state index is 0.146. The van der Waals surface area contributed by atoms with Gasteiger partial charge in [0.05, 0.1) is 4.70 Å². The number of thiazole rings is 1. The van der Waals surface area contributed by atoms with Gasteiger partial charge in [-0.05, 0) is 17.7 Å². The number of pyridine rings is 1. The summed E-state index contributed by atoms with van der Waals surface area (Å²) in [5.74, 6) is -1.31. The first kappa shape index (κ1) is 14.2. The number of carboxylic acids is 1. The molecule has 0 aliphatic heterocycles. The molecule has 7 nitrogen and oxygen atoms in total. The molecule has 0 aliphatic rings. The van der Waals surface area contributed by atoms with Gasteiger partial charge in [-0.2, -0.15) is 4.98 Å². The molecule has 0 amide bonds. The SMILES string of the molecule is CN(Cc1cccnc1)c1nc2oc(=O)c(C(=O)O)cc2s1. The number of anilines is 1. The van der Waals surface area contributed by atoms with E-state index in [0.717, 1.165) is 5.56 Å². The molecular formula is C14H11N3O4S. The quantitative estimate of drug-likeness (QED) is 0.785. The number of aromatic carboxylic acids is 1. The summed E-state index contributed by atoms with van der Waals surface area (Å²) in [6.45, 7) is 0.587. The zero-order valence-electron chi connectivity index (χ0n) is 11.5. The zero-order chi connectivity index (χ0) is 15.7. The summed E-state index contributed by atoms with van der Waals surface area (Å²) < 4.78 is 5.48. The van der Waals surface area contributed by atoms with Crippen LogP contribution in [0.4, 0.5) is 5.13 Å². The first-order valence-corrected chi connectivity index (χ1v) is 7.14. The molecule has 0 bridgehead atoms. The van der Waals surface area contributed by atoms with Crippen LogP contribution < -0.4 is 10.5 Å². The van der Waals surface area contributed by atoms with Gasteiger partial charge in [0.2, 0.25) is 5.71 Å². The van der Waals surface area contributed by atoms with Gasteiger partial charge in [0.1, 0.15) is 5.56 Å². The average molecular weight is 317 g/mol. The third kappa shape index (κ3) is 2.68. The van der Waals surface area contributed by atoms with Crippen molar-refractivity contribution in [3.05, 3.63) is 52.1 Å². The Kier molecular flexibility index (Phi) is 3.60. The number of carbonyl (C=O) groups is 1. The van der Waals surface area contributed by atoms with E-state index in [9.17, 15) is 9.59 Å². The number of aromatic nitrogens is 2. The second-order valence-corrected chi connectivity index (χ2v) is 5.64. The number of fused-ring (bicyclic) bond motifs is 1. The number of rotatable bonds is 4. The maximum absolute atomic E-state index is 11.5. The molecule has 8 heteroatoms. The summed E-state index contributed by atoms with van der Waals surface area (Å²) in [7, 11) is 1.85. The van der Waals surface area contributed by atoms with Crippen LogP contribution in [0, 0.1) is 0 Å². The second kappa shape index (κ2) is 5.57. The van der Waals surface area contributed by atoms with Crippen LogP contribution in [-0.4, -0.2) is 28.1 Å². The van der Waals surface area contributed by atoms with Gasteiger partial charge in [-0.25, -0.2) is 9.59 Å². The van der Waals surface area contributed by atoms with Crippen LogP contribution in [-0.2, 0) is 6.54 Å². The molecule has 0 aromatic carbocycles. The summed E-state index contributed by atoms with van der Waals surface area (Å²) >= 11 is 1.26. The van der Waals surface area contributed by atoms with Gasteiger partial charge in [-0.3, -0.25) is 4.98 Å². The second-order valence-electron chi connectivity index (χ2n) is 4.64. The van der Waals surface area contributed by atoms with E-state index >= 15 is 0 Å². The molecule has 0 saturated heterocycles. The fourth-order valence-electron chi connectivity index (χ4n) is 1.95. The standard InChI is InChI=1S/C14H11N3O4S/c1-17(7-8-3-2-4-15-6-8)14-16-11-10(22-14)5-9(12(18)19)13(20)21-11/h2-6H,7H2,1H3,(H,18,19). The number of nitrogens with zero attached hydrogens (tertiary/aromatic N) is 3. The average Bonchev–Trinajstić information content (AvgIpc) is 2.90. The Bertz CT molecular complexity index is 888. The lowest BCUT2D eigenvalue weighted by atomic mass is 10.3. The number of hydrogen-bond acceptors (Lipinski definition) is 7. The number of carboxylic acid groups (broad SMARTS) is 1. The fourth-order valence-corrected chi connectivity index (χ4v) is 2.85. The van der Waals surface area contributed by atoms with Crippen molar-refractivity contribution in [2.75, 3.05) is 11.9 Å². The molecule has 3 heterocycles. The summed E-state index contributed by atoms with van der Waals surface area (Å²) in [4.78, 5) is 32.7. The van der Waals surface area contributed by atoms with Gasteiger partial charge in [0.25, 0.3) is 0 Å². The van der Waals surface area contributed by atoms with Gasteiger partial charge >= 0.3 is 11.6 Å². The third-order valence-corrected chi connectivity index (χ3v) is 4.09. The predicted octanol–water partition coefficient (Wildman–Crippen LogP) is 1.98. The van der Waals surface area contributed by atoms with Gasteiger partial charge in [-0.15, -0.1) is 0 Å². The van der Waals surface area contributed by atoms with Crippen molar-refractivity contribution in [3.63, 3.8) is 0 Å². The summed E-state index contributed by atoms with van der Waals surface area (Å²) in [5.41, 5.74) is -0.130. The Morgan fingerprint density at radius 2 is 2.32 bits per heavy atom. The first-order valence-electron chi connectivity index (χ1n) is 6.32. The molecular weight excluding hydrogens is 306 g/mol. The molecule has 0 spiro atoms. The minimum Gasteiger partial charge on any atom is -0.477 e. The van der Waals surface area contributed by atoms with Crippen LogP contribution in [0.3, 0.4) is 0 Å². The Labute approximate surface area is 128 Å². The fraction of sp³-hybridized carbons (Fsp3) is 0.143. The lowest BCUT2D eigenvalue weighted by Gasteiger charge is -2.14. The van der Waals surface area contributed by atoms with Crippen molar-refractivity contribution in [2.45, 2.75) is 6.54 Å². The highest BCUT2D eigenvalue weighted by Crippen LogP contribution is 2.28. The summed E-state index contributed by atoms with van der Waals surface area (Å²) in [6.07, 6.45) is 3.45. The molecule has 22 heavy (non-hydrogen) atoms. The van der Waals surface area contributed by atoms with Crippen LogP contribution in [0.5, 0.6) is 0 Å². The Morgan fingerprint density at radius 3 is 3.00 bits per heavy atom. The van der Waals surface area contributed by atoms with Crippen molar-refractivity contribution >= 4 is 32.9 Å². The van der Waals surface area contributed by atoms with E-state index < -0.39 is 17.2 Å². The molecule has 3 aromatic heterocycles. The van der Waals surface area contributed by atoms with Crippen molar-refractivity contribution in [2.24, 2.45) is 0 Å². The van der Waals surface area contributed by atoms with Crippen LogP contribution in [0.2, 0.25) is 0 Å². The van der Waals surface area contributed by atoms with E-state index in [1.807, 2.05) is 24.1 Å². The van der Waals surface area contributed by atoms with E-state index in [1.165, 1.54) is 17.4 Å².